The zero-order valence-electron chi connectivity index (χ0n) is 16.7. The molecular weight excluding hydrogens is 336 g/mol. The van der Waals surface area contributed by atoms with Crippen molar-refractivity contribution in [1.82, 2.24) is 20.0 Å². The average Bonchev–Trinajstić information content (AvgIpc) is 2.92. The highest BCUT2D eigenvalue weighted by atomic mass is 16.1. The number of aryl methyl sites for hydroxylation is 2. The molecule has 1 aromatic carbocycles. The highest BCUT2D eigenvalue weighted by molar-refractivity contribution is 5.92. The number of piperidine rings is 1. The first-order chi connectivity index (χ1) is 13.0. The Morgan fingerprint density at radius 1 is 1.15 bits per heavy atom. The Bertz CT molecular complexity index is 816. The molecule has 3 rings (SSSR count). The number of carbonyl (C=O) groups excluding carboxylic acids is 1. The average molecular weight is 367 g/mol. The zero-order chi connectivity index (χ0) is 19.2. The number of nitrogens with zero attached hydrogens (tertiary/aromatic N) is 3. The van der Waals surface area contributed by atoms with Gasteiger partial charge < -0.3 is 5.32 Å². The molecule has 1 fully saturated rings. The maximum Gasteiger partial charge on any atom is 0.244 e. The summed E-state index contributed by atoms with van der Waals surface area (Å²) in [6.07, 6.45) is 7.38. The van der Waals surface area contributed by atoms with Crippen LogP contribution in [0.3, 0.4) is 0 Å². The van der Waals surface area contributed by atoms with Crippen LogP contribution >= 0.6 is 0 Å². The Hall–Kier alpha value is -2.40. The minimum Gasteiger partial charge on any atom is -0.348 e. The second-order valence-electron chi connectivity index (χ2n) is 7.36. The van der Waals surface area contributed by atoms with Gasteiger partial charge in [0.05, 0.1) is 5.69 Å². The van der Waals surface area contributed by atoms with Gasteiger partial charge in [0.15, 0.2) is 0 Å². The van der Waals surface area contributed by atoms with Gasteiger partial charge in [0.1, 0.15) is 0 Å². The molecule has 1 aliphatic rings. The summed E-state index contributed by atoms with van der Waals surface area (Å²) in [5.74, 6) is -0.0783. The van der Waals surface area contributed by atoms with Crippen molar-refractivity contribution in [3.05, 3.63) is 58.4 Å². The number of amides is 1. The first-order valence-corrected chi connectivity index (χ1v) is 9.80. The van der Waals surface area contributed by atoms with Crippen molar-refractivity contribution in [1.29, 1.82) is 0 Å². The molecule has 27 heavy (non-hydrogen) atoms. The SMILES string of the molecule is Cc1nn(C)c(C)c1/C=C/C(=O)NCc1ccccc1CN1CCCCC1. The second kappa shape index (κ2) is 9.00. The van der Waals surface area contributed by atoms with Crippen LogP contribution in [0, 0.1) is 13.8 Å². The Morgan fingerprint density at radius 3 is 2.52 bits per heavy atom. The predicted octanol–water partition coefficient (Wildman–Crippen LogP) is 3.35. The number of nitrogens with one attached hydrogen (secondary N) is 1. The fourth-order valence-corrected chi connectivity index (χ4v) is 3.67. The van der Waals surface area contributed by atoms with E-state index in [0.717, 1.165) is 23.5 Å². The Morgan fingerprint density at radius 2 is 1.85 bits per heavy atom. The Balaban J connectivity index is 1.59. The van der Waals surface area contributed by atoms with Crippen LogP contribution in [0.25, 0.3) is 6.08 Å². The van der Waals surface area contributed by atoms with Gasteiger partial charge in [-0.1, -0.05) is 30.7 Å². The van der Waals surface area contributed by atoms with Crippen LogP contribution in [-0.2, 0) is 24.9 Å². The molecule has 1 aliphatic heterocycles. The molecule has 0 aliphatic carbocycles. The molecule has 1 saturated heterocycles. The molecule has 0 saturated carbocycles. The first kappa shape index (κ1) is 19.4. The summed E-state index contributed by atoms with van der Waals surface area (Å²) in [6.45, 7) is 7.84. The van der Waals surface area contributed by atoms with Crippen molar-refractivity contribution in [3.8, 4) is 0 Å². The van der Waals surface area contributed by atoms with Crippen molar-refractivity contribution in [3.63, 3.8) is 0 Å². The molecule has 0 unspecified atom stereocenters. The number of likely N-dealkylation sites (tertiary alicyclic amines) is 1. The molecule has 0 radical (unpaired) electrons. The molecular formula is C22H30N4O. The van der Waals surface area contributed by atoms with Gasteiger partial charge in [0.25, 0.3) is 0 Å². The molecule has 2 aromatic rings. The summed E-state index contributed by atoms with van der Waals surface area (Å²) in [5.41, 5.74) is 5.51. The standard InChI is InChI=1S/C22H30N4O/c1-17-21(18(2)25(3)24-17)11-12-22(27)23-15-19-9-5-6-10-20(19)16-26-13-7-4-8-14-26/h5-6,9-12H,4,7-8,13-16H2,1-3H3,(H,23,27)/b12-11+. The zero-order valence-corrected chi connectivity index (χ0v) is 16.7. The van der Waals surface area contributed by atoms with Gasteiger partial charge in [-0.05, 0) is 57.0 Å². The minimum atomic E-state index is -0.0783. The van der Waals surface area contributed by atoms with Gasteiger partial charge in [-0.15, -0.1) is 0 Å². The number of rotatable bonds is 6. The molecule has 0 bridgehead atoms. The van der Waals surface area contributed by atoms with Crippen LogP contribution in [0.1, 0.15) is 47.3 Å². The summed E-state index contributed by atoms with van der Waals surface area (Å²) in [4.78, 5) is 14.8. The largest absolute Gasteiger partial charge is 0.348 e. The summed E-state index contributed by atoms with van der Waals surface area (Å²) in [6, 6.07) is 8.41. The van der Waals surface area contributed by atoms with E-state index in [0.29, 0.717) is 6.54 Å². The normalized spacial score (nSPS) is 15.4. The summed E-state index contributed by atoms with van der Waals surface area (Å²) in [7, 11) is 1.92. The molecule has 0 spiro atoms. The fourth-order valence-electron chi connectivity index (χ4n) is 3.67. The van der Waals surface area contributed by atoms with Gasteiger partial charge >= 0.3 is 0 Å². The lowest BCUT2D eigenvalue weighted by Crippen LogP contribution is -2.30. The molecule has 1 amide bonds. The minimum absolute atomic E-state index is 0.0783. The number of hydrogen-bond acceptors (Lipinski definition) is 3. The van der Waals surface area contributed by atoms with Gasteiger partial charge in [-0.2, -0.15) is 5.10 Å². The van der Waals surface area contributed by atoms with E-state index >= 15 is 0 Å². The van der Waals surface area contributed by atoms with E-state index in [1.165, 1.54) is 43.5 Å². The van der Waals surface area contributed by atoms with Gasteiger partial charge in [0.2, 0.25) is 5.91 Å². The van der Waals surface area contributed by atoms with E-state index in [2.05, 4.69) is 33.5 Å². The third kappa shape index (κ3) is 5.07. The molecule has 5 heteroatoms. The monoisotopic (exact) mass is 366 g/mol. The quantitative estimate of drug-likeness (QED) is 0.798. The lowest BCUT2D eigenvalue weighted by molar-refractivity contribution is -0.116. The topological polar surface area (TPSA) is 50.2 Å². The predicted molar refractivity (Wildman–Crippen MR) is 109 cm³/mol. The van der Waals surface area contributed by atoms with E-state index < -0.39 is 0 Å². The summed E-state index contributed by atoms with van der Waals surface area (Å²) >= 11 is 0. The maximum absolute atomic E-state index is 12.3. The third-order valence-corrected chi connectivity index (χ3v) is 5.38. The van der Waals surface area contributed by atoms with Crippen molar-refractivity contribution >= 4 is 12.0 Å². The van der Waals surface area contributed by atoms with Crippen molar-refractivity contribution in [2.75, 3.05) is 13.1 Å². The van der Waals surface area contributed by atoms with Crippen molar-refractivity contribution in [2.24, 2.45) is 7.05 Å². The van der Waals surface area contributed by atoms with E-state index in [1.54, 1.807) is 6.08 Å². The highest BCUT2D eigenvalue weighted by Gasteiger charge is 2.12. The van der Waals surface area contributed by atoms with Crippen molar-refractivity contribution in [2.45, 2.75) is 46.2 Å². The summed E-state index contributed by atoms with van der Waals surface area (Å²) in [5, 5.41) is 7.40. The molecule has 144 valence electrons. The Kier molecular flexibility index (Phi) is 6.45. The van der Waals surface area contributed by atoms with Gasteiger partial charge in [-0.3, -0.25) is 14.4 Å². The lowest BCUT2D eigenvalue weighted by Gasteiger charge is -2.27. The summed E-state index contributed by atoms with van der Waals surface area (Å²) < 4.78 is 1.84. The van der Waals surface area contributed by atoms with E-state index in [9.17, 15) is 4.79 Å². The van der Waals surface area contributed by atoms with Crippen LogP contribution in [0.4, 0.5) is 0 Å². The van der Waals surface area contributed by atoms with Crippen LogP contribution in [0.5, 0.6) is 0 Å². The number of aromatic nitrogens is 2. The fraction of sp³-hybridized carbons (Fsp3) is 0.455. The van der Waals surface area contributed by atoms with Gasteiger partial charge in [0, 0.05) is 37.5 Å². The molecule has 0 atom stereocenters. The molecule has 1 aromatic heterocycles. The van der Waals surface area contributed by atoms with Crippen LogP contribution in [0.15, 0.2) is 30.3 Å². The first-order valence-electron chi connectivity index (χ1n) is 9.80. The number of hydrogen-bond donors (Lipinski definition) is 1. The maximum atomic E-state index is 12.3. The number of carbonyl (C=O) groups is 1. The van der Waals surface area contributed by atoms with Crippen LogP contribution in [0.2, 0.25) is 0 Å². The van der Waals surface area contributed by atoms with Gasteiger partial charge in [-0.25, -0.2) is 0 Å². The third-order valence-electron chi connectivity index (χ3n) is 5.38. The van der Waals surface area contributed by atoms with Crippen LogP contribution in [-0.4, -0.2) is 33.7 Å². The van der Waals surface area contributed by atoms with E-state index in [1.807, 2.05) is 37.7 Å². The molecule has 2 heterocycles. The van der Waals surface area contributed by atoms with Crippen molar-refractivity contribution < 1.29 is 4.79 Å². The molecule has 1 N–H and O–H groups in total. The van der Waals surface area contributed by atoms with E-state index in [-0.39, 0.29) is 5.91 Å². The second-order valence-corrected chi connectivity index (χ2v) is 7.36. The molecule has 5 nitrogen and oxygen atoms in total. The highest BCUT2D eigenvalue weighted by Crippen LogP contribution is 2.16. The smallest absolute Gasteiger partial charge is 0.244 e. The van der Waals surface area contributed by atoms with E-state index in [4.69, 9.17) is 0 Å². The van der Waals surface area contributed by atoms with Crippen LogP contribution < -0.4 is 5.32 Å². The lowest BCUT2D eigenvalue weighted by atomic mass is 10.0. The Labute approximate surface area is 162 Å². The number of benzene rings is 1.